The highest BCUT2D eigenvalue weighted by Crippen LogP contribution is 2.16. The van der Waals surface area contributed by atoms with Crippen LogP contribution in [0.25, 0.3) is 0 Å². The van der Waals surface area contributed by atoms with Gasteiger partial charge in [0.25, 0.3) is 5.91 Å². The number of carbonyl (C=O) groups is 1. The zero-order valence-corrected chi connectivity index (χ0v) is 9.93. The normalized spacial score (nSPS) is 11.9. The Kier molecular flexibility index (Phi) is 3.67. The first-order chi connectivity index (χ1) is 8.68. The van der Waals surface area contributed by atoms with E-state index in [-0.39, 0.29) is 17.8 Å². The van der Waals surface area contributed by atoms with E-state index in [0.717, 1.165) is 0 Å². The summed E-state index contributed by atoms with van der Waals surface area (Å²) >= 11 is 0. The molecule has 0 saturated heterocycles. The number of halogens is 1. The van der Waals surface area contributed by atoms with Gasteiger partial charge in [-0.1, -0.05) is 18.2 Å². The maximum absolute atomic E-state index is 13.5. The van der Waals surface area contributed by atoms with Crippen molar-refractivity contribution >= 4 is 5.91 Å². The number of carbonyl (C=O) groups excluding carboxylic acids is 1. The van der Waals surface area contributed by atoms with Crippen molar-refractivity contribution < 1.29 is 9.18 Å². The molecule has 0 radical (unpaired) electrons. The van der Waals surface area contributed by atoms with Gasteiger partial charge >= 0.3 is 0 Å². The van der Waals surface area contributed by atoms with E-state index in [2.05, 4.69) is 10.3 Å². The number of aromatic nitrogens is 1. The van der Waals surface area contributed by atoms with Gasteiger partial charge in [-0.15, -0.1) is 0 Å². The molecule has 0 aliphatic carbocycles. The van der Waals surface area contributed by atoms with E-state index in [0.29, 0.717) is 11.1 Å². The largest absolute Gasteiger partial charge is 0.345 e. The first-order valence-corrected chi connectivity index (χ1v) is 5.64. The zero-order chi connectivity index (χ0) is 13.0. The number of nitrogens with one attached hydrogen (secondary N) is 1. The number of rotatable bonds is 3. The van der Waals surface area contributed by atoms with E-state index < -0.39 is 0 Å². The zero-order valence-electron chi connectivity index (χ0n) is 9.93. The molecule has 0 fully saturated rings. The van der Waals surface area contributed by atoms with E-state index in [1.54, 1.807) is 43.5 Å². The SMILES string of the molecule is CC(NC(=O)c1cccnc1)c1ccccc1F. The monoisotopic (exact) mass is 244 g/mol. The van der Waals surface area contributed by atoms with Crippen LogP contribution in [0, 0.1) is 5.82 Å². The lowest BCUT2D eigenvalue weighted by molar-refractivity contribution is 0.0939. The fourth-order valence-electron chi connectivity index (χ4n) is 1.68. The molecule has 92 valence electrons. The smallest absolute Gasteiger partial charge is 0.253 e. The molecule has 0 spiro atoms. The Morgan fingerprint density at radius 1 is 1.28 bits per heavy atom. The van der Waals surface area contributed by atoms with Crippen molar-refractivity contribution in [2.45, 2.75) is 13.0 Å². The summed E-state index contributed by atoms with van der Waals surface area (Å²) in [6.07, 6.45) is 3.07. The first kappa shape index (κ1) is 12.2. The van der Waals surface area contributed by atoms with Gasteiger partial charge in [-0.25, -0.2) is 4.39 Å². The summed E-state index contributed by atoms with van der Waals surface area (Å²) in [5.41, 5.74) is 0.926. The molecule has 1 atom stereocenters. The topological polar surface area (TPSA) is 42.0 Å². The molecule has 4 heteroatoms. The molecule has 1 unspecified atom stereocenters. The lowest BCUT2D eigenvalue weighted by atomic mass is 10.1. The highest BCUT2D eigenvalue weighted by atomic mass is 19.1. The van der Waals surface area contributed by atoms with Crippen molar-refractivity contribution in [3.05, 3.63) is 65.7 Å². The van der Waals surface area contributed by atoms with Gasteiger partial charge in [-0.05, 0) is 25.1 Å². The number of hydrogen-bond acceptors (Lipinski definition) is 2. The van der Waals surface area contributed by atoms with Gasteiger partial charge in [-0.3, -0.25) is 9.78 Å². The van der Waals surface area contributed by atoms with Crippen molar-refractivity contribution in [3.8, 4) is 0 Å². The van der Waals surface area contributed by atoms with Crippen LogP contribution in [0.3, 0.4) is 0 Å². The second-order valence-corrected chi connectivity index (χ2v) is 3.96. The van der Waals surface area contributed by atoms with Crippen LogP contribution in [-0.2, 0) is 0 Å². The summed E-state index contributed by atoms with van der Waals surface area (Å²) in [7, 11) is 0. The average molecular weight is 244 g/mol. The third kappa shape index (κ3) is 2.71. The predicted molar refractivity (Wildman–Crippen MR) is 66.5 cm³/mol. The van der Waals surface area contributed by atoms with Crippen molar-refractivity contribution in [1.29, 1.82) is 0 Å². The van der Waals surface area contributed by atoms with E-state index in [4.69, 9.17) is 0 Å². The van der Waals surface area contributed by atoms with Gasteiger partial charge in [0.05, 0.1) is 11.6 Å². The van der Waals surface area contributed by atoms with Gasteiger partial charge in [-0.2, -0.15) is 0 Å². The fraction of sp³-hybridized carbons (Fsp3) is 0.143. The Labute approximate surface area is 105 Å². The maximum Gasteiger partial charge on any atom is 0.253 e. The lowest BCUT2D eigenvalue weighted by Crippen LogP contribution is -2.27. The molecule has 1 heterocycles. The highest BCUT2D eigenvalue weighted by molar-refractivity contribution is 5.94. The summed E-state index contributed by atoms with van der Waals surface area (Å²) in [5, 5.41) is 2.73. The Balaban J connectivity index is 2.11. The van der Waals surface area contributed by atoms with Crippen LogP contribution in [-0.4, -0.2) is 10.9 Å². The highest BCUT2D eigenvalue weighted by Gasteiger charge is 2.14. The molecule has 3 nitrogen and oxygen atoms in total. The Morgan fingerprint density at radius 2 is 2.06 bits per heavy atom. The summed E-state index contributed by atoms with van der Waals surface area (Å²) in [4.78, 5) is 15.7. The Bertz CT molecular complexity index is 543. The predicted octanol–water partition coefficient (Wildman–Crippen LogP) is 2.71. The fourth-order valence-corrected chi connectivity index (χ4v) is 1.68. The average Bonchev–Trinajstić information content (AvgIpc) is 2.40. The molecule has 0 saturated carbocycles. The van der Waals surface area contributed by atoms with E-state index in [9.17, 15) is 9.18 Å². The van der Waals surface area contributed by atoms with Crippen LogP contribution in [0.5, 0.6) is 0 Å². The summed E-state index contributed by atoms with van der Waals surface area (Å²) in [5.74, 6) is -0.588. The van der Waals surface area contributed by atoms with Crippen molar-refractivity contribution in [2.24, 2.45) is 0 Å². The van der Waals surface area contributed by atoms with Crippen LogP contribution >= 0.6 is 0 Å². The molecule has 18 heavy (non-hydrogen) atoms. The van der Waals surface area contributed by atoms with E-state index in [1.807, 2.05) is 0 Å². The van der Waals surface area contributed by atoms with Gasteiger partial charge in [0, 0.05) is 18.0 Å². The second-order valence-electron chi connectivity index (χ2n) is 3.96. The molecule has 1 N–H and O–H groups in total. The van der Waals surface area contributed by atoms with Gasteiger partial charge < -0.3 is 5.32 Å². The molecule has 1 aromatic heterocycles. The van der Waals surface area contributed by atoms with Gasteiger partial charge in [0.1, 0.15) is 5.82 Å². The minimum atomic E-state index is -0.390. The molecular weight excluding hydrogens is 231 g/mol. The number of pyridine rings is 1. The summed E-state index contributed by atoms with van der Waals surface area (Å²) in [6, 6.07) is 9.35. The van der Waals surface area contributed by atoms with Gasteiger partial charge in [0.2, 0.25) is 0 Å². The van der Waals surface area contributed by atoms with Crippen LogP contribution in [0.15, 0.2) is 48.8 Å². The molecule has 2 aromatic rings. The van der Waals surface area contributed by atoms with Crippen LogP contribution in [0.4, 0.5) is 4.39 Å². The molecule has 0 bridgehead atoms. The first-order valence-electron chi connectivity index (χ1n) is 5.64. The number of benzene rings is 1. The molecule has 0 aliphatic heterocycles. The van der Waals surface area contributed by atoms with Crippen LogP contribution in [0.1, 0.15) is 28.9 Å². The molecule has 1 aromatic carbocycles. The minimum Gasteiger partial charge on any atom is -0.345 e. The minimum absolute atomic E-state index is 0.265. The Hall–Kier alpha value is -2.23. The van der Waals surface area contributed by atoms with Crippen LogP contribution in [0.2, 0.25) is 0 Å². The third-order valence-electron chi connectivity index (χ3n) is 2.64. The molecule has 2 rings (SSSR count). The summed E-state index contributed by atoms with van der Waals surface area (Å²) in [6.45, 7) is 1.74. The summed E-state index contributed by atoms with van der Waals surface area (Å²) < 4.78 is 13.5. The molecule has 0 aliphatic rings. The van der Waals surface area contributed by atoms with Crippen molar-refractivity contribution in [1.82, 2.24) is 10.3 Å². The van der Waals surface area contributed by atoms with Crippen molar-refractivity contribution in [3.63, 3.8) is 0 Å². The quantitative estimate of drug-likeness (QED) is 0.902. The number of amides is 1. The number of nitrogens with zero attached hydrogens (tertiary/aromatic N) is 1. The van der Waals surface area contributed by atoms with E-state index in [1.165, 1.54) is 12.3 Å². The number of hydrogen-bond donors (Lipinski definition) is 1. The van der Waals surface area contributed by atoms with E-state index >= 15 is 0 Å². The Morgan fingerprint density at radius 3 is 2.72 bits per heavy atom. The van der Waals surface area contributed by atoms with Crippen LogP contribution < -0.4 is 5.32 Å². The van der Waals surface area contributed by atoms with Gasteiger partial charge in [0.15, 0.2) is 0 Å². The molecular formula is C14H13FN2O. The maximum atomic E-state index is 13.5. The molecule has 1 amide bonds. The lowest BCUT2D eigenvalue weighted by Gasteiger charge is -2.14. The standard InChI is InChI=1S/C14H13FN2O/c1-10(12-6-2-3-7-13(12)15)17-14(18)11-5-4-8-16-9-11/h2-10H,1H3,(H,17,18). The van der Waals surface area contributed by atoms with Crippen molar-refractivity contribution in [2.75, 3.05) is 0 Å². The third-order valence-corrected chi connectivity index (χ3v) is 2.64. The second kappa shape index (κ2) is 5.40.